The summed E-state index contributed by atoms with van der Waals surface area (Å²) in [6.45, 7) is 2.60. The Hall–Kier alpha value is 0.250. The van der Waals surface area contributed by atoms with Crippen LogP contribution in [0.4, 0.5) is 0 Å². The number of halogens is 1. The van der Waals surface area contributed by atoms with E-state index in [2.05, 4.69) is 5.32 Å². The molecule has 0 atom stereocenters. The van der Waals surface area contributed by atoms with Crippen LogP contribution in [0.3, 0.4) is 0 Å². The first-order valence-electron chi connectivity index (χ1n) is 4.16. The monoisotopic (exact) mass is 161 g/mol. The smallest absolute Gasteiger partial charge is 0.000815 e. The van der Waals surface area contributed by atoms with Crippen molar-refractivity contribution in [3.63, 3.8) is 0 Å². The molecule has 0 aromatic carbocycles. The van der Waals surface area contributed by atoms with Crippen LogP contribution in [0, 0.1) is 11.8 Å². The molecule has 2 fully saturated rings. The maximum Gasteiger partial charge on any atom is -0.000815 e. The molecule has 1 saturated heterocycles. The summed E-state index contributed by atoms with van der Waals surface area (Å²) in [6.07, 6.45) is 6.07. The molecule has 1 nitrogen and oxygen atoms in total. The summed E-state index contributed by atoms with van der Waals surface area (Å²) in [5.41, 5.74) is 0. The fourth-order valence-corrected chi connectivity index (χ4v) is 1.72. The first-order valence-corrected chi connectivity index (χ1v) is 4.16. The quantitative estimate of drug-likeness (QED) is 0.652. The van der Waals surface area contributed by atoms with Crippen molar-refractivity contribution >= 4 is 12.4 Å². The molecule has 0 bridgehead atoms. The Bertz CT molecular complexity index is 85.4. The minimum Gasteiger partial charge on any atom is -0.316 e. The zero-order valence-corrected chi connectivity index (χ0v) is 7.12. The third-order valence-corrected chi connectivity index (χ3v) is 2.76. The maximum absolute atomic E-state index is 3.31. The van der Waals surface area contributed by atoms with Gasteiger partial charge < -0.3 is 5.32 Å². The van der Waals surface area contributed by atoms with Crippen LogP contribution in [0.25, 0.3) is 0 Å². The second-order valence-electron chi connectivity index (χ2n) is 3.56. The van der Waals surface area contributed by atoms with Crippen LogP contribution in [0.1, 0.15) is 25.7 Å². The van der Waals surface area contributed by atoms with Crippen LogP contribution in [0.15, 0.2) is 0 Å². The SMILES string of the molecule is C1CC(CC2CNC2)C1.Cl. The maximum atomic E-state index is 3.31. The first-order chi connectivity index (χ1) is 4.45. The van der Waals surface area contributed by atoms with E-state index in [4.69, 9.17) is 0 Å². The average molecular weight is 162 g/mol. The van der Waals surface area contributed by atoms with Crippen molar-refractivity contribution in [2.45, 2.75) is 25.7 Å². The Morgan fingerprint density at radius 2 is 1.80 bits per heavy atom. The number of rotatable bonds is 2. The molecule has 10 heavy (non-hydrogen) atoms. The van der Waals surface area contributed by atoms with E-state index in [9.17, 15) is 0 Å². The molecule has 0 aromatic rings. The van der Waals surface area contributed by atoms with Crippen LogP contribution >= 0.6 is 12.4 Å². The van der Waals surface area contributed by atoms with E-state index in [1.807, 2.05) is 0 Å². The van der Waals surface area contributed by atoms with Crippen molar-refractivity contribution in [3.8, 4) is 0 Å². The molecule has 1 saturated carbocycles. The predicted molar refractivity (Wildman–Crippen MR) is 45.6 cm³/mol. The van der Waals surface area contributed by atoms with Gasteiger partial charge >= 0.3 is 0 Å². The molecule has 0 aromatic heterocycles. The Labute approximate surface area is 69.0 Å². The summed E-state index contributed by atoms with van der Waals surface area (Å²) < 4.78 is 0. The summed E-state index contributed by atoms with van der Waals surface area (Å²) in [4.78, 5) is 0. The standard InChI is InChI=1S/C8H15N.ClH/c1-2-7(3-1)4-8-5-9-6-8;/h7-9H,1-6H2;1H. The largest absolute Gasteiger partial charge is 0.316 e. The van der Waals surface area contributed by atoms with Crippen LogP contribution in [0.2, 0.25) is 0 Å². The van der Waals surface area contributed by atoms with Gasteiger partial charge in [0.05, 0.1) is 0 Å². The van der Waals surface area contributed by atoms with E-state index in [1.54, 1.807) is 0 Å². The highest BCUT2D eigenvalue weighted by Crippen LogP contribution is 2.32. The predicted octanol–water partition coefficient (Wildman–Crippen LogP) is 1.82. The molecule has 1 heterocycles. The average Bonchev–Trinajstić information content (AvgIpc) is 1.57. The summed E-state index contributed by atoms with van der Waals surface area (Å²) in [6, 6.07) is 0. The molecular weight excluding hydrogens is 146 g/mol. The van der Waals surface area contributed by atoms with Gasteiger partial charge in [0, 0.05) is 0 Å². The lowest BCUT2D eigenvalue weighted by Gasteiger charge is -2.34. The molecule has 2 aliphatic rings. The van der Waals surface area contributed by atoms with Crippen LogP contribution in [0.5, 0.6) is 0 Å². The summed E-state index contributed by atoms with van der Waals surface area (Å²) in [5, 5.41) is 3.31. The molecule has 2 rings (SSSR count). The number of hydrogen-bond donors (Lipinski definition) is 1. The van der Waals surface area contributed by atoms with Crippen molar-refractivity contribution < 1.29 is 0 Å². The molecular formula is C8H16ClN. The molecule has 0 spiro atoms. The highest BCUT2D eigenvalue weighted by Gasteiger charge is 2.24. The van der Waals surface area contributed by atoms with Gasteiger partial charge in [-0.2, -0.15) is 0 Å². The number of nitrogens with one attached hydrogen (secondary N) is 1. The van der Waals surface area contributed by atoms with E-state index in [1.165, 1.54) is 38.8 Å². The lowest BCUT2D eigenvalue weighted by molar-refractivity contribution is 0.207. The van der Waals surface area contributed by atoms with E-state index in [0.717, 1.165) is 11.8 Å². The van der Waals surface area contributed by atoms with E-state index < -0.39 is 0 Å². The van der Waals surface area contributed by atoms with E-state index >= 15 is 0 Å². The molecule has 0 unspecified atom stereocenters. The Kier molecular flexibility index (Phi) is 2.99. The summed E-state index contributed by atoms with van der Waals surface area (Å²) >= 11 is 0. The molecule has 0 radical (unpaired) electrons. The minimum atomic E-state index is 0. The molecule has 1 N–H and O–H groups in total. The van der Waals surface area contributed by atoms with Crippen LogP contribution < -0.4 is 5.32 Å². The Morgan fingerprint density at radius 3 is 2.10 bits per heavy atom. The fourth-order valence-electron chi connectivity index (χ4n) is 1.72. The van der Waals surface area contributed by atoms with Gasteiger partial charge in [0.15, 0.2) is 0 Å². The summed E-state index contributed by atoms with van der Waals surface area (Å²) in [5.74, 6) is 2.17. The third-order valence-electron chi connectivity index (χ3n) is 2.76. The van der Waals surface area contributed by atoms with Gasteiger partial charge in [-0.15, -0.1) is 12.4 Å². The lowest BCUT2D eigenvalue weighted by Crippen LogP contribution is -2.43. The highest BCUT2D eigenvalue weighted by atomic mass is 35.5. The van der Waals surface area contributed by atoms with Crippen molar-refractivity contribution in [3.05, 3.63) is 0 Å². The Morgan fingerprint density at radius 1 is 1.10 bits per heavy atom. The minimum absolute atomic E-state index is 0. The topological polar surface area (TPSA) is 12.0 Å². The molecule has 0 amide bonds. The van der Waals surface area contributed by atoms with Crippen molar-refractivity contribution in [1.82, 2.24) is 5.32 Å². The first kappa shape index (κ1) is 8.35. The zero-order valence-electron chi connectivity index (χ0n) is 6.31. The van der Waals surface area contributed by atoms with Gasteiger partial charge in [-0.25, -0.2) is 0 Å². The van der Waals surface area contributed by atoms with Crippen molar-refractivity contribution in [2.75, 3.05) is 13.1 Å². The lowest BCUT2D eigenvalue weighted by atomic mass is 9.77. The van der Waals surface area contributed by atoms with Gasteiger partial charge in [0.25, 0.3) is 0 Å². The fraction of sp³-hybridized carbons (Fsp3) is 1.00. The highest BCUT2D eigenvalue weighted by molar-refractivity contribution is 5.85. The number of hydrogen-bond acceptors (Lipinski definition) is 1. The second kappa shape index (κ2) is 3.59. The van der Waals surface area contributed by atoms with E-state index in [0.29, 0.717) is 0 Å². The van der Waals surface area contributed by atoms with Gasteiger partial charge in [-0.3, -0.25) is 0 Å². The molecule has 1 aliphatic heterocycles. The van der Waals surface area contributed by atoms with Gasteiger partial charge in [-0.05, 0) is 31.3 Å². The van der Waals surface area contributed by atoms with Gasteiger partial charge in [0.1, 0.15) is 0 Å². The molecule has 2 heteroatoms. The molecule has 60 valence electrons. The summed E-state index contributed by atoms with van der Waals surface area (Å²) in [7, 11) is 0. The van der Waals surface area contributed by atoms with Crippen molar-refractivity contribution in [2.24, 2.45) is 11.8 Å². The van der Waals surface area contributed by atoms with E-state index in [-0.39, 0.29) is 12.4 Å². The van der Waals surface area contributed by atoms with Gasteiger partial charge in [0.2, 0.25) is 0 Å². The van der Waals surface area contributed by atoms with Crippen LogP contribution in [-0.4, -0.2) is 13.1 Å². The normalized spacial score (nSPS) is 26.4. The Balaban J connectivity index is 0.000000500. The second-order valence-corrected chi connectivity index (χ2v) is 3.56. The third kappa shape index (κ3) is 1.64. The molecule has 1 aliphatic carbocycles. The van der Waals surface area contributed by atoms with Gasteiger partial charge in [-0.1, -0.05) is 19.3 Å². The zero-order chi connectivity index (χ0) is 6.10. The van der Waals surface area contributed by atoms with Crippen LogP contribution in [-0.2, 0) is 0 Å². The van der Waals surface area contributed by atoms with Crippen molar-refractivity contribution in [1.29, 1.82) is 0 Å².